The van der Waals surface area contributed by atoms with Crippen molar-refractivity contribution in [1.82, 2.24) is 15.1 Å². The minimum atomic E-state index is 0.310. The quantitative estimate of drug-likeness (QED) is 0.688. The van der Waals surface area contributed by atoms with Crippen molar-refractivity contribution in [2.24, 2.45) is 0 Å². The summed E-state index contributed by atoms with van der Waals surface area (Å²) in [5.74, 6) is 0. The molecule has 84 valence electrons. The third kappa shape index (κ3) is 1.51. The predicted molar refractivity (Wildman–Crippen MR) is 57.7 cm³/mol. The van der Waals surface area contributed by atoms with Gasteiger partial charge < -0.3 is 15.1 Å². The number of piperidine rings is 1. The van der Waals surface area contributed by atoms with E-state index in [1.54, 1.807) is 0 Å². The van der Waals surface area contributed by atoms with Gasteiger partial charge in [0.05, 0.1) is 6.04 Å². The summed E-state index contributed by atoms with van der Waals surface area (Å²) in [7, 11) is 0. The van der Waals surface area contributed by atoms with E-state index in [0.29, 0.717) is 18.1 Å². The number of rotatable bonds is 1. The van der Waals surface area contributed by atoms with Gasteiger partial charge in [-0.15, -0.1) is 0 Å². The summed E-state index contributed by atoms with van der Waals surface area (Å²) in [5, 5.41) is 3.35. The van der Waals surface area contributed by atoms with E-state index in [4.69, 9.17) is 0 Å². The van der Waals surface area contributed by atoms with Gasteiger partial charge in [-0.05, 0) is 38.8 Å². The number of nitrogens with one attached hydrogen (secondary N) is 1. The Morgan fingerprint density at radius 3 is 2.60 bits per heavy atom. The molecule has 3 saturated heterocycles. The molecule has 0 aliphatic carbocycles. The number of carbonyl (C=O) groups excluding carboxylic acids is 1. The summed E-state index contributed by atoms with van der Waals surface area (Å²) in [5.41, 5.74) is 0. The van der Waals surface area contributed by atoms with E-state index in [2.05, 4.69) is 15.1 Å². The van der Waals surface area contributed by atoms with Gasteiger partial charge >= 0.3 is 6.03 Å². The third-order valence-electron chi connectivity index (χ3n) is 4.03. The highest BCUT2D eigenvalue weighted by Crippen LogP contribution is 2.29. The molecule has 1 N–H and O–H groups in total. The fraction of sp³-hybridized carbons (Fsp3) is 0.909. The van der Waals surface area contributed by atoms with Crippen molar-refractivity contribution in [3.8, 4) is 0 Å². The maximum atomic E-state index is 12.1. The normalized spacial score (nSPS) is 32.5. The second-order valence-corrected chi connectivity index (χ2v) is 4.91. The minimum absolute atomic E-state index is 0.310. The highest BCUT2D eigenvalue weighted by molar-refractivity contribution is 5.78. The van der Waals surface area contributed by atoms with Crippen LogP contribution in [0, 0.1) is 0 Å². The molecule has 3 aliphatic heterocycles. The van der Waals surface area contributed by atoms with Crippen LogP contribution in [0.2, 0.25) is 0 Å². The molecule has 1 atom stereocenters. The Labute approximate surface area is 90.6 Å². The number of nitrogens with zero attached hydrogens (tertiary/aromatic N) is 2. The van der Waals surface area contributed by atoms with Gasteiger partial charge in [0.15, 0.2) is 0 Å². The Kier molecular flexibility index (Phi) is 2.31. The van der Waals surface area contributed by atoms with Gasteiger partial charge in [0.1, 0.15) is 0 Å². The van der Waals surface area contributed by atoms with E-state index < -0.39 is 0 Å². The molecule has 0 aromatic heterocycles. The number of carbonyl (C=O) groups is 1. The highest BCUT2D eigenvalue weighted by atomic mass is 16.2. The lowest BCUT2D eigenvalue weighted by atomic mass is 10.0. The molecule has 0 aromatic carbocycles. The van der Waals surface area contributed by atoms with Crippen molar-refractivity contribution in [3.05, 3.63) is 0 Å². The molecule has 2 amide bonds. The molecule has 0 aromatic rings. The fourth-order valence-electron chi connectivity index (χ4n) is 3.17. The van der Waals surface area contributed by atoms with Crippen LogP contribution in [-0.2, 0) is 0 Å². The van der Waals surface area contributed by atoms with Crippen molar-refractivity contribution in [2.45, 2.75) is 37.8 Å². The zero-order chi connectivity index (χ0) is 10.3. The first-order valence-corrected chi connectivity index (χ1v) is 6.14. The molecule has 0 bridgehead atoms. The minimum Gasteiger partial charge on any atom is -0.320 e. The van der Waals surface area contributed by atoms with Gasteiger partial charge in [-0.1, -0.05) is 0 Å². The van der Waals surface area contributed by atoms with Crippen LogP contribution in [-0.4, -0.2) is 54.1 Å². The topological polar surface area (TPSA) is 35.6 Å². The lowest BCUT2D eigenvalue weighted by Gasteiger charge is -2.31. The summed E-state index contributed by atoms with van der Waals surface area (Å²) in [4.78, 5) is 16.3. The number of fused-ring (bicyclic) bond motifs is 1. The average Bonchev–Trinajstić information content (AvgIpc) is 2.83. The summed E-state index contributed by atoms with van der Waals surface area (Å²) in [6.45, 7) is 4.12. The second kappa shape index (κ2) is 3.67. The monoisotopic (exact) mass is 209 g/mol. The van der Waals surface area contributed by atoms with E-state index in [-0.39, 0.29) is 0 Å². The lowest BCUT2D eigenvalue weighted by molar-refractivity contribution is 0.167. The predicted octanol–water partition coefficient (Wildman–Crippen LogP) is 0.638. The van der Waals surface area contributed by atoms with E-state index in [1.807, 2.05) is 0 Å². The van der Waals surface area contributed by atoms with Crippen molar-refractivity contribution in [3.63, 3.8) is 0 Å². The van der Waals surface area contributed by atoms with Crippen molar-refractivity contribution >= 4 is 6.03 Å². The molecule has 4 nitrogen and oxygen atoms in total. The number of hydrogen-bond acceptors (Lipinski definition) is 2. The van der Waals surface area contributed by atoms with E-state index in [1.165, 1.54) is 12.8 Å². The molecule has 3 heterocycles. The second-order valence-electron chi connectivity index (χ2n) is 4.91. The van der Waals surface area contributed by atoms with E-state index in [0.717, 1.165) is 39.0 Å². The molecule has 4 heteroatoms. The Morgan fingerprint density at radius 1 is 1.07 bits per heavy atom. The number of urea groups is 1. The standard InChI is InChI=1S/C11H19N3O/c15-11-13-7-1-2-10(13)8-14(11)9-3-5-12-6-4-9/h9-10,12H,1-8H2/t10-/m1/s1. The Balaban J connectivity index is 1.69. The molecule has 3 aliphatic rings. The number of hydrogen-bond donors (Lipinski definition) is 1. The van der Waals surface area contributed by atoms with Crippen molar-refractivity contribution in [2.75, 3.05) is 26.2 Å². The Hall–Kier alpha value is -0.770. The third-order valence-corrected chi connectivity index (χ3v) is 4.03. The molecule has 3 rings (SSSR count). The molecular weight excluding hydrogens is 190 g/mol. The summed E-state index contributed by atoms with van der Waals surface area (Å²) in [6.07, 6.45) is 4.68. The summed E-state index contributed by atoms with van der Waals surface area (Å²) < 4.78 is 0. The van der Waals surface area contributed by atoms with Gasteiger partial charge in [-0.3, -0.25) is 0 Å². The molecule has 0 spiro atoms. The average molecular weight is 209 g/mol. The van der Waals surface area contributed by atoms with Crippen LogP contribution in [0.15, 0.2) is 0 Å². The molecule has 0 unspecified atom stereocenters. The van der Waals surface area contributed by atoms with Crippen LogP contribution < -0.4 is 5.32 Å². The maximum Gasteiger partial charge on any atom is 0.320 e. The molecular formula is C11H19N3O. The Bertz CT molecular complexity index is 263. The first-order valence-electron chi connectivity index (χ1n) is 6.14. The highest BCUT2D eigenvalue weighted by Gasteiger charge is 2.42. The van der Waals surface area contributed by atoms with Gasteiger partial charge in [-0.2, -0.15) is 0 Å². The zero-order valence-corrected chi connectivity index (χ0v) is 9.11. The molecule has 0 saturated carbocycles. The lowest BCUT2D eigenvalue weighted by Crippen LogP contribution is -2.45. The largest absolute Gasteiger partial charge is 0.320 e. The van der Waals surface area contributed by atoms with Crippen LogP contribution in [0.1, 0.15) is 25.7 Å². The van der Waals surface area contributed by atoms with Crippen LogP contribution in [0.4, 0.5) is 4.79 Å². The van der Waals surface area contributed by atoms with Crippen LogP contribution >= 0.6 is 0 Å². The van der Waals surface area contributed by atoms with E-state index in [9.17, 15) is 4.79 Å². The van der Waals surface area contributed by atoms with Gasteiger partial charge in [0, 0.05) is 19.1 Å². The summed E-state index contributed by atoms with van der Waals surface area (Å²) >= 11 is 0. The van der Waals surface area contributed by atoms with Crippen LogP contribution in [0.25, 0.3) is 0 Å². The Morgan fingerprint density at radius 2 is 1.87 bits per heavy atom. The maximum absolute atomic E-state index is 12.1. The van der Waals surface area contributed by atoms with Gasteiger partial charge in [0.25, 0.3) is 0 Å². The van der Waals surface area contributed by atoms with Crippen molar-refractivity contribution in [1.29, 1.82) is 0 Å². The molecule has 0 radical (unpaired) electrons. The van der Waals surface area contributed by atoms with Crippen molar-refractivity contribution < 1.29 is 4.79 Å². The van der Waals surface area contributed by atoms with Crippen LogP contribution in [0.5, 0.6) is 0 Å². The van der Waals surface area contributed by atoms with Gasteiger partial charge in [0.2, 0.25) is 0 Å². The first-order chi connectivity index (χ1) is 7.36. The van der Waals surface area contributed by atoms with Crippen LogP contribution in [0.3, 0.4) is 0 Å². The first kappa shape index (κ1) is 9.46. The van der Waals surface area contributed by atoms with Gasteiger partial charge in [-0.25, -0.2) is 4.79 Å². The molecule has 15 heavy (non-hydrogen) atoms. The smallest absolute Gasteiger partial charge is 0.320 e. The molecule has 3 fully saturated rings. The van der Waals surface area contributed by atoms with E-state index >= 15 is 0 Å². The summed E-state index contributed by atoms with van der Waals surface area (Å²) in [6, 6.07) is 1.35. The fourth-order valence-corrected chi connectivity index (χ4v) is 3.17. The zero-order valence-electron chi connectivity index (χ0n) is 9.11. The SMILES string of the molecule is O=C1N(C2CCNCC2)C[C@H]2CCCN12. The number of amides is 2.